The summed E-state index contributed by atoms with van der Waals surface area (Å²) in [6.07, 6.45) is 0. The Morgan fingerprint density at radius 3 is 2.41 bits per heavy atom. The number of nitro groups is 1. The largest absolute Gasteiger partial charge is 0.309 e. The highest BCUT2D eigenvalue weighted by atomic mass is 32.2. The van der Waals surface area contributed by atoms with E-state index in [0.717, 1.165) is 17.7 Å². The first-order valence-corrected chi connectivity index (χ1v) is 8.04. The van der Waals surface area contributed by atoms with Gasteiger partial charge in [-0.1, -0.05) is 6.07 Å². The molecule has 2 aromatic rings. The number of nitro benzene ring substituents is 1. The Balaban J connectivity index is 1.85. The van der Waals surface area contributed by atoms with Gasteiger partial charge in [0.25, 0.3) is 15.7 Å². The zero-order valence-electron chi connectivity index (χ0n) is 11.4. The van der Waals surface area contributed by atoms with Crippen molar-refractivity contribution in [2.24, 2.45) is 0 Å². The van der Waals surface area contributed by atoms with Crippen molar-refractivity contribution in [3.63, 3.8) is 0 Å². The minimum Gasteiger partial charge on any atom is -0.309 e. The van der Waals surface area contributed by atoms with Gasteiger partial charge in [-0.25, -0.2) is 8.42 Å². The summed E-state index contributed by atoms with van der Waals surface area (Å²) in [6.45, 7) is 1.49. The molecule has 2 N–H and O–H groups in total. The molecule has 0 amide bonds. The molecule has 0 spiro atoms. The maximum Gasteiger partial charge on any atom is 0.269 e. The topological polar surface area (TPSA) is 101 Å². The van der Waals surface area contributed by atoms with Crippen LogP contribution in [0.1, 0.15) is 11.1 Å². The molecule has 2 aromatic carbocycles. The Kier molecular flexibility index (Phi) is 3.55. The molecule has 22 heavy (non-hydrogen) atoms. The molecule has 8 heteroatoms. The van der Waals surface area contributed by atoms with Crippen molar-refractivity contribution >= 4 is 21.4 Å². The van der Waals surface area contributed by atoms with E-state index in [9.17, 15) is 18.5 Å². The molecule has 0 unspecified atom stereocenters. The van der Waals surface area contributed by atoms with Crippen LogP contribution in [0.25, 0.3) is 0 Å². The van der Waals surface area contributed by atoms with Gasteiger partial charge in [-0.15, -0.1) is 0 Å². The summed E-state index contributed by atoms with van der Waals surface area (Å²) in [5, 5.41) is 13.8. The number of nitrogens with one attached hydrogen (secondary N) is 2. The van der Waals surface area contributed by atoms with Gasteiger partial charge in [-0.2, -0.15) is 0 Å². The Labute approximate surface area is 127 Å². The van der Waals surface area contributed by atoms with Crippen LogP contribution in [0.4, 0.5) is 11.4 Å². The number of nitrogens with zero attached hydrogens (tertiary/aromatic N) is 1. The highest BCUT2D eigenvalue weighted by Crippen LogP contribution is 2.23. The van der Waals surface area contributed by atoms with Gasteiger partial charge in [0.15, 0.2) is 0 Å². The monoisotopic (exact) mass is 319 g/mol. The Morgan fingerprint density at radius 1 is 1.05 bits per heavy atom. The summed E-state index contributed by atoms with van der Waals surface area (Å²) in [4.78, 5) is 10.0. The molecule has 0 fully saturated rings. The van der Waals surface area contributed by atoms with E-state index in [1.165, 1.54) is 24.3 Å². The second kappa shape index (κ2) is 5.39. The molecule has 0 bridgehead atoms. The first-order valence-electron chi connectivity index (χ1n) is 6.55. The highest BCUT2D eigenvalue weighted by Gasteiger charge is 2.17. The normalized spacial score (nSPS) is 13.6. The van der Waals surface area contributed by atoms with Gasteiger partial charge in [-0.3, -0.25) is 14.8 Å². The standard InChI is InChI=1S/C14H13N3O4S/c18-17(19)13-3-5-14(6-4-13)22(20,21)16-12-2-1-10-8-15-9-11(10)7-12/h1-7,15-16H,8-9H2. The predicted molar refractivity (Wildman–Crippen MR) is 80.9 cm³/mol. The average molecular weight is 319 g/mol. The Morgan fingerprint density at radius 2 is 1.73 bits per heavy atom. The van der Waals surface area contributed by atoms with Crippen LogP contribution in [-0.4, -0.2) is 13.3 Å². The van der Waals surface area contributed by atoms with E-state index in [0.29, 0.717) is 12.2 Å². The Hall–Kier alpha value is -2.45. The number of non-ortho nitro benzene ring substituents is 1. The van der Waals surface area contributed by atoms with Crippen LogP contribution in [0.15, 0.2) is 47.4 Å². The van der Waals surface area contributed by atoms with Gasteiger partial charge < -0.3 is 5.32 Å². The zero-order valence-corrected chi connectivity index (χ0v) is 12.3. The van der Waals surface area contributed by atoms with Crippen LogP contribution in [-0.2, 0) is 23.1 Å². The van der Waals surface area contributed by atoms with Gasteiger partial charge in [0.05, 0.1) is 9.82 Å². The van der Waals surface area contributed by atoms with Gasteiger partial charge in [-0.05, 0) is 35.4 Å². The SMILES string of the molecule is O=[N+]([O-])c1ccc(S(=O)(=O)Nc2ccc3c(c2)CNC3)cc1. The van der Waals surface area contributed by atoms with Crippen molar-refractivity contribution in [2.75, 3.05) is 4.72 Å². The number of sulfonamides is 1. The lowest BCUT2D eigenvalue weighted by molar-refractivity contribution is -0.384. The van der Waals surface area contributed by atoms with Crippen LogP contribution in [0.5, 0.6) is 0 Å². The fourth-order valence-corrected chi connectivity index (χ4v) is 3.37. The third-order valence-corrected chi connectivity index (χ3v) is 4.84. The molecule has 3 rings (SSSR count). The zero-order chi connectivity index (χ0) is 15.7. The molecule has 0 saturated heterocycles. The van der Waals surface area contributed by atoms with Gasteiger partial charge in [0.2, 0.25) is 0 Å². The minimum absolute atomic E-state index is 0.0169. The third kappa shape index (κ3) is 2.78. The van der Waals surface area contributed by atoms with Gasteiger partial charge in [0.1, 0.15) is 0 Å². The van der Waals surface area contributed by atoms with Crippen molar-refractivity contribution in [1.29, 1.82) is 0 Å². The lowest BCUT2D eigenvalue weighted by Gasteiger charge is -2.09. The molecule has 0 radical (unpaired) electrons. The molecule has 0 saturated carbocycles. The number of benzene rings is 2. The van der Waals surface area contributed by atoms with Crippen LogP contribution in [0.3, 0.4) is 0 Å². The summed E-state index contributed by atoms with van der Waals surface area (Å²) in [5.41, 5.74) is 2.53. The summed E-state index contributed by atoms with van der Waals surface area (Å²) < 4.78 is 27.1. The van der Waals surface area contributed by atoms with Crippen LogP contribution >= 0.6 is 0 Å². The van der Waals surface area contributed by atoms with Gasteiger partial charge in [0, 0.05) is 30.9 Å². The number of hydrogen-bond acceptors (Lipinski definition) is 5. The van der Waals surface area contributed by atoms with E-state index in [1.54, 1.807) is 12.1 Å². The van der Waals surface area contributed by atoms with Crippen molar-refractivity contribution in [2.45, 2.75) is 18.0 Å². The van der Waals surface area contributed by atoms with E-state index in [4.69, 9.17) is 0 Å². The molecule has 1 heterocycles. The number of fused-ring (bicyclic) bond motifs is 1. The average Bonchev–Trinajstić information content (AvgIpc) is 2.94. The second-order valence-electron chi connectivity index (χ2n) is 4.94. The van der Waals surface area contributed by atoms with Crippen molar-refractivity contribution in [3.8, 4) is 0 Å². The minimum atomic E-state index is -3.77. The number of hydrogen-bond donors (Lipinski definition) is 2. The first-order chi connectivity index (χ1) is 10.5. The lowest BCUT2D eigenvalue weighted by atomic mass is 10.1. The summed E-state index contributed by atoms with van der Waals surface area (Å²) in [7, 11) is -3.77. The molecular formula is C14H13N3O4S. The van der Waals surface area contributed by atoms with Crippen LogP contribution in [0, 0.1) is 10.1 Å². The quantitative estimate of drug-likeness (QED) is 0.663. The molecule has 7 nitrogen and oxygen atoms in total. The highest BCUT2D eigenvalue weighted by molar-refractivity contribution is 7.92. The van der Waals surface area contributed by atoms with Crippen molar-refractivity contribution in [1.82, 2.24) is 5.32 Å². The number of anilines is 1. The van der Waals surface area contributed by atoms with E-state index < -0.39 is 14.9 Å². The van der Waals surface area contributed by atoms with E-state index in [-0.39, 0.29) is 10.6 Å². The predicted octanol–water partition coefficient (Wildman–Crippen LogP) is 2.00. The summed E-state index contributed by atoms with van der Waals surface area (Å²) in [6, 6.07) is 10.1. The molecule has 0 aromatic heterocycles. The Bertz CT molecular complexity index is 832. The fourth-order valence-electron chi connectivity index (χ4n) is 2.32. The molecule has 0 atom stereocenters. The first kappa shape index (κ1) is 14.5. The smallest absolute Gasteiger partial charge is 0.269 e. The third-order valence-electron chi connectivity index (χ3n) is 3.45. The van der Waals surface area contributed by atoms with Crippen molar-refractivity contribution in [3.05, 3.63) is 63.7 Å². The van der Waals surface area contributed by atoms with Gasteiger partial charge >= 0.3 is 0 Å². The van der Waals surface area contributed by atoms with Crippen molar-refractivity contribution < 1.29 is 13.3 Å². The molecule has 0 aliphatic carbocycles. The van der Waals surface area contributed by atoms with E-state index >= 15 is 0 Å². The molecule has 1 aliphatic rings. The summed E-state index contributed by atoms with van der Waals surface area (Å²) >= 11 is 0. The molecular weight excluding hydrogens is 306 g/mol. The summed E-state index contributed by atoms with van der Waals surface area (Å²) in [5.74, 6) is 0. The molecule has 114 valence electrons. The fraction of sp³-hybridized carbons (Fsp3) is 0.143. The maximum atomic E-state index is 12.3. The number of rotatable bonds is 4. The second-order valence-corrected chi connectivity index (χ2v) is 6.63. The van der Waals surface area contributed by atoms with E-state index in [2.05, 4.69) is 10.0 Å². The lowest BCUT2D eigenvalue weighted by Crippen LogP contribution is -2.13. The van der Waals surface area contributed by atoms with Crippen LogP contribution < -0.4 is 10.0 Å². The maximum absolute atomic E-state index is 12.3. The van der Waals surface area contributed by atoms with E-state index in [1.807, 2.05) is 6.07 Å². The molecule has 1 aliphatic heterocycles. The van der Waals surface area contributed by atoms with Crippen LogP contribution in [0.2, 0.25) is 0 Å².